The van der Waals surface area contributed by atoms with Crippen molar-refractivity contribution in [3.05, 3.63) is 53.5 Å². The van der Waals surface area contributed by atoms with Gasteiger partial charge in [0, 0.05) is 25.2 Å². The molecular weight excluding hydrogens is 254 g/mol. The Kier molecular flexibility index (Phi) is 3.50. The molecule has 0 bridgehead atoms. The van der Waals surface area contributed by atoms with Gasteiger partial charge in [0.15, 0.2) is 0 Å². The zero-order chi connectivity index (χ0) is 14.0. The maximum atomic E-state index is 13.6. The topological polar surface area (TPSA) is 59.5 Å². The van der Waals surface area contributed by atoms with Crippen LogP contribution in [0.3, 0.4) is 0 Å². The van der Waals surface area contributed by atoms with Crippen molar-refractivity contribution in [3.63, 3.8) is 0 Å². The predicted octanol–water partition coefficient (Wildman–Crippen LogP) is 2.41. The Morgan fingerprint density at radius 2 is 2.11 bits per heavy atom. The maximum Gasteiger partial charge on any atom is 0.256 e. The second-order valence-electron chi connectivity index (χ2n) is 4.15. The number of nitrogens with two attached hydrogens (primary N) is 1. The molecule has 1 aromatic heterocycles. The number of carbonyl (C=O) groups is 1. The maximum absolute atomic E-state index is 13.6. The summed E-state index contributed by atoms with van der Waals surface area (Å²) in [5.74, 6) is -2.40. The first-order chi connectivity index (χ1) is 8.99. The molecule has 0 aliphatic carbocycles. The van der Waals surface area contributed by atoms with Gasteiger partial charge in [-0.2, -0.15) is 0 Å². The summed E-state index contributed by atoms with van der Waals surface area (Å²) in [6.45, 7) is 0.256. The number of rotatable bonds is 3. The molecule has 0 atom stereocenters. The van der Waals surface area contributed by atoms with E-state index >= 15 is 0 Å². The van der Waals surface area contributed by atoms with Crippen molar-refractivity contribution in [2.45, 2.75) is 6.54 Å². The summed E-state index contributed by atoms with van der Waals surface area (Å²) in [5.41, 5.74) is 5.58. The van der Waals surface area contributed by atoms with Crippen LogP contribution in [0.1, 0.15) is 15.9 Å². The summed E-state index contributed by atoms with van der Waals surface area (Å²) in [5, 5.41) is 0. The highest BCUT2D eigenvalue weighted by Gasteiger charge is 2.18. The minimum atomic E-state index is -0.934. The lowest BCUT2D eigenvalue weighted by Gasteiger charge is -2.17. The van der Waals surface area contributed by atoms with Crippen LogP contribution >= 0.6 is 0 Å². The standard InChI is InChI=1S/C13H12F2N2O2/c1-17(6-8-2-3-19-7-8)13(18)9-4-12(16)11(15)5-10(9)14/h2-5,7H,6,16H2,1H3. The molecule has 19 heavy (non-hydrogen) atoms. The summed E-state index contributed by atoms with van der Waals surface area (Å²) in [4.78, 5) is 13.3. The summed E-state index contributed by atoms with van der Waals surface area (Å²) >= 11 is 0. The number of furan rings is 1. The minimum absolute atomic E-state index is 0.256. The second-order valence-corrected chi connectivity index (χ2v) is 4.15. The van der Waals surface area contributed by atoms with Crippen LogP contribution in [0.5, 0.6) is 0 Å². The van der Waals surface area contributed by atoms with Gasteiger partial charge in [0.25, 0.3) is 5.91 Å². The average Bonchev–Trinajstić information content (AvgIpc) is 2.85. The summed E-state index contributed by atoms with van der Waals surface area (Å²) in [6, 6.07) is 3.30. The Morgan fingerprint density at radius 1 is 1.37 bits per heavy atom. The van der Waals surface area contributed by atoms with Crippen LogP contribution in [-0.2, 0) is 6.54 Å². The molecule has 1 amide bonds. The molecule has 6 heteroatoms. The number of hydrogen-bond donors (Lipinski definition) is 1. The zero-order valence-corrected chi connectivity index (χ0v) is 10.2. The fraction of sp³-hybridized carbons (Fsp3) is 0.154. The van der Waals surface area contributed by atoms with Gasteiger partial charge in [0.2, 0.25) is 0 Å². The first-order valence-corrected chi connectivity index (χ1v) is 5.50. The molecule has 0 saturated carbocycles. The van der Waals surface area contributed by atoms with Crippen LogP contribution in [-0.4, -0.2) is 17.9 Å². The van der Waals surface area contributed by atoms with Crippen LogP contribution in [0.2, 0.25) is 0 Å². The van der Waals surface area contributed by atoms with Crippen molar-refractivity contribution in [3.8, 4) is 0 Å². The second kappa shape index (κ2) is 5.09. The van der Waals surface area contributed by atoms with E-state index in [9.17, 15) is 13.6 Å². The number of nitrogen functional groups attached to an aromatic ring is 1. The van der Waals surface area contributed by atoms with Gasteiger partial charge in [-0.15, -0.1) is 0 Å². The van der Waals surface area contributed by atoms with Gasteiger partial charge in [-0.1, -0.05) is 0 Å². The van der Waals surface area contributed by atoms with Crippen LogP contribution in [0.4, 0.5) is 14.5 Å². The molecule has 2 aromatic rings. The van der Waals surface area contributed by atoms with Crippen LogP contribution in [0.15, 0.2) is 35.1 Å². The molecule has 0 aliphatic rings. The Balaban J connectivity index is 2.21. The largest absolute Gasteiger partial charge is 0.472 e. The molecule has 2 rings (SSSR count). The van der Waals surface area contributed by atoms with Gasteiger partial charge in [-0.25, -0.2) is 8.78 Å². The normalized spacial score (nSPS) is 10.5. The highest BCUT2D eigenvalue weighted by molar-refractivity contribution is 5.95. The monoisotopic (exact) mass is 266 g/mol. The molecule has 2 N–H and O–H groups in total. The number of halogens is 2. The van der Waals surface area contributed by atoms with Crippen LogP contribution in [0.25, 0.3) is 0 Å². The first-order valence-electron chi connectivity index (χ1n) is 5.50. The molecular formula is C13H12F2N2O2. The van der Waals surface area contributed by atoms with Crippen molar-refractivity contribution < 1.29 is 18.0 Å². The van der Waals surface area contributed by atoms with E-state index in [4.69, 9.17) is 10.2 Å². The zero-order valence-electron chi connectivity index (χ0n) is 10.2. The third-order valence-corrected chi connectivity index (χ3v) is 2.66. The van der Waals surface area contributed by atoms with Gasteiger partial charge in [0.1, 0.15) is 11.6 Å². The Bertz CT molecular complexity index is 597. The molecule has 0 saturated heterocycles. The number of benzene rings is 1. The number of carbonyl (C=O) groups excluding carboxylic acids is 1. The smallest absolute Gasteiger partial charge is 0.256 e. The highest BCUT2D eigenvalue weighted by atomic mass is 19.1. The molecule has 0 spiro atoms. The van der Waals surface area contributed by atoms with Crippen molar-refractivity contribution >= 4 is 11.6 Å². The Hall–Kier alpha value is -2.37. The van der Waals surface area contributed by atoms with Crippen LogP contribution < -0.4 is 5.73 Å². The molecule has 0 fully saturated rings. The quantitative estimate of drug-likeness (QED) is 0.868. The van der Waals surface area contributed by atoms with Gasteiger partial charge < -0.3 is 15.1 Å². The van der Waals surface area contributed by atoms with Gasteiger partial charge in [-0.05, 0) is 12.1 Å². The third kappa shape index (κ3) is 2.73. The number of nitrogens with zero attached hydrogens (tertiary/aromatic N) is 1. The fourth-order valence-corrected chi connectivity index (χ4v) is 1.66. The molecule has 0 aliphatic heterocycles. The van der Waals surface area contributed by atoms with Crippen molar-refractivity contribution in [2.24, 2.45) is 0 Å². The Morgan fingerprint density at radius 3 is 2.74 bits per heavy atom. The van der Waals surface area contributed by atoms with E-state index in [1.54, 1.807) is 6.07 Å². The van der Waals surface area contributed by atoms with Gasteiger partial charge in [-0.3, -0.25) is 4.79 Å². The van der Waals surface area contributed by atoms with E-state index in [0.29, 0.717) is 6.07 Å². The highest BCUT2D eigenvalue weighted by Crippen LogP contribution is 2.18. The number of anilines is 1. The molecule has 100 valence electrons. The molecule has 0 unspecified atom stereocenters. The van der Waals surface area contributed by atoms with Crippen LogP contribution in [0, 0.1) is 11.6 Å². The summed E-state index contributed by atoms with van der Waals surface area (Å²) < 4.78 is 31.5. The molecule has 1 aromatic carbocycles. The summed E-state index contributed by atoms with van der Waals surface area (Å²) in [7, 11) is 1.51. The molecule has 1 heterocycles. The van der Waals surface area contributed by atoms with Crippen molar-refractivity contribution in [1.29, 1.82) is 0 Å². The van der Waals surface area contributed by atoms with Crippen molar-refractivity contribution in [2.75, 3.05) is 12.8 Å². The summed E-state index contributed by atoms with van der Waals surface area (Å²) in [6.07, 6.45) is 2.96. The van der Waals surface area contributed by atoms with E-state index in [2.05, 4.69) is 0 Å². The van der Waals surface area contributed by atoms with Gasteiger partial charge in [0.05, 0.1) is 23.8 Å². The van der Waals surface area contributed by atoms with E-state index in [1.165, 1.54) is 24.5 Å². The van der Waals surface area contributed by atoms with E-state index in [0.717, 1.165) is 11.6 Å². The van der Waals surface area contributed by atoms with Crippen molar-refractivity contribution in [1.82, 2.24) is 4.90 Å². The van der Waals surface area contributed by atoms with E-state index in [-0.39, 0.29) is 17.8 Å². The average molecular weight is 266 g/mol. The molecule has 0 radical (unpaired) electrons. The lowest BCUT2D eigenvalue weighted by atomic mass is 10.1. The van der Waals surface area contributed by atoms with E-state index in [1.807, 2.05) is 0 Å². The number of hydrogen-bond acceptors (Lipinski definition) is 3. The lowest BCUT2D eigenvalue weighted by Crippen LogP contribution is -2.27. The van der Waals surface area contributed by atoms with E-state index < -0.39 is 17.5 Å². The lowest BCUT2D eigenvalue weighted by molar-refractivity contribution is 0.0780. The minimum Gasteiger partial charge on any atom is -0.472 e. The number of amides is 1. The first kappa shape index (κ1) is 13.1. The Labute approximate surface area is 108 Å². The fourth-order valence-electron chi connectivity index (χ4n) is 1.66. The third-order valence-electron chi connectivity index (χ3n) is 2.66. The van der Waals surface area contributed by atoms with Gasteiger partial charge >= 0.3 is 0 Å². The SMILES string of the molecule is CN(Cc1ccoc1)C(=O)c1cc(N)c(F)cc1F. The predicted molar refractivity (Wildman–Crippen MR) is 65.3 cm³/mol. The molecule has 4 nitrogen and oxygen atoms in total.